The predicted molar refractivity (Wildman–Crippen MR) is 82.7 cm³/mol. The van der Waals surface area contributed by atoms with Crippen molar-refractivity contribution in [1.82, 2.24) is 9.97 Å². The summed E-state index contributed by atoms with van der Waals surface area (Å²) in [6.07, 6.45) is 5.03. The minimum absolute atomic E-state index is 0.0990. The van der Waals surface area contributed by atoms with Gasteiger partial charge in [0, 0.05) is 18.9 Å². The number of nitrogens with one attached hydrogen (secondary N) is 1. The Morgan fingerprint density at radius 2 is 1.90 bits per heavy atom. The number of anilines is 1. The molecule has 2 aromatic heterocycles. The molecule has 0 saturated heterocycles. The Morgan fingerprint density at radius 3 is 2.43 bits per heavy atom. The summed E-state index contributed by atoms with van der Waals surface area (Å²) in [7, 11) is -3.41. The van der Waals surface area contributed by atoms with E-state index in [4.69, 9.17) is 0 Å². The molecule has 0 amide bonds. The summed E-state index contributed by atoms with van der Waals surface area (Å²) in [6, 6.07) is 7.09. The second-order valence-electron chi connectivity index (χ2n) is 5.72. The third-order valence-corrected chi connectivity index (χ3v) is 5.44. The highest BCUT2D eigenvalue weighted by molar-refractivity contribution is 7.92. The van der Waals surface area contributed by atoms with Crippen LogP contribution in [-0.4, -0.2) is 23.1 Å². The highest BCUT2D eigenvalue weighted by Crippen LogP contribution is 2.23. The van der Waals surface area contributed by atoms with Gasteiger partial charge in [-0.15, -0.1) is 0 Å². The van der Waals surface area contributed by atoms with Crippen LogP contribution in [0.3, 0.4) is 0 Å². The van der Waals surface area contributed by atoms with E-state index in [0.29, 0.717) is 6.54 Å². The number of nitrogens with zero attached hydrogens (tertiary/aromatic N) is 2. The maximum Gasteiger partial charge on any atom is 0.200 e. The van der Waals surface area contributed by atoms with Gasteiger partial charge in [-0.25, -0.2) is 13.4 Å². The monoisotopic (exact) mass is 305 g/mol. The van der Waals surface area contributed by atoms with E-state index in [1.54, 1.807) is 39.2 Å². The van der Waals surface area contributed by atoms with Crippen molar-refractivity contribution in [1.29, 1.82) is 0 Å². The van der Waals surface area contributed by atoms with Crippen LogP contribution in [0.15, 0.2) is 47.9 Å². The highest BCUT2D eigenvalue weighted by Gasteiger charge is 2.31. The number of hydrogen-bond donors (Lipinski definition) is 1. The van der Waals surface area contributed by atoms with Crippen LogP contribution in [0.4, 0.5) is 5.69 Å². The van der Waals surface area contributed by atoms with Crippen molar-refractivity contribution in [3.8, 4) is 0 Å². The van der Waals surface area contributed by atoms with Gasteiger partial charge in [0.15, 0.2) is 14.9 Å². The van der Waals surface area contributed by atoms with Crippen LogP contribution in [0.5, 0.6) is 0 Å². The Morgan fingerprint density at radius 1 is 1.14 bits per heavy atom. The number of sulfone groups is 1. The molecular weight excluding hydrogens is 286 g/mol. The van der Waals surface area contributed by atoms with Gasteiger partial charge in [-0.1, -0.05) is 6.07 Å². The van der Waals surface area contributed by atoms with E-state index in [9.17, 15) is 8.42 Å². The topological polar surface area (TPSA) is 72.0 Å². The Bertz CT molecular complexity index is 690. The van der Waals surface area contributed by atoms with E-state index in [2.05, 4.69) is 15.3 Å². The molecule has 2 aromatic rings. The lowest BCUT2D eigenvalue weighted by Gasteiger charge is -2.18. The molecule has 6 heteroatoms. The van der Waals surface area contributed by atoms with Gasteiger partial charge in [0.05, 0.1) is 16.6 Å². The molecule has 112 valence electrons. The summed E-state index contributed by atoms with van der Waals surface area (Å²) in [5.74, 6) is 0. The summed E-state index contributed by atoms with van der Waals surface area (Å²) in [5, 5.41) is 3.28. The Balaban J connectivity index is 2.10. The standard InChI is InChI=1S/C15H19N3O2S/c1-15(2,3)21(19,20)14-7-6-13(11-18-14)17-10-12-5-4-8-16-9-12/h4-9,11,17H,10H2,1-3H3. The largest absolute Gasteiger partial charge is 0.380 e. The molecule has 0 spiro atoms. The van der Waals surface area contributed by atoms with E-state index in [-0.39, 0.29) is 5.03 Å². The van der Waals surface area contributed by atoms with Crippen LogP contribution >= 0.6 is 0 Å². The van der Waals surface area contributed by atoms with Gasteiger partial charge < -0.3 is 5.32 Å². The number of rotatable bonds is 4. The molecule has 0 aliphatic heterocycles. The van der Waals surface area contributed by atoms with Gasteiger partial charge in [-0.2, -0.15) is 0 Å². The average molecular weight is 305 g/mol. The fourth-order valence-corrected chi connectivity index (χ4v) is 2.73. The molecule has 21 heavy (non-hydrogen) atoms. The second-order valence-corrected chi connectivity index (χ2v) is 8.37. The third-order valence-electron chi connectivity index (χ3n) is 3.04. The fourth-order valence-electron chi connectivity index (χ4n) is 1.66. The fraction of sp³-hybridized carbons (Fsp3) is 0.333. The summed E-state index contributed by atoms with van der Waals surface area (Å²) in [5.41, 5.74) is 1.82. The first-order valence-electron chi connectivity index (χ1n) is 6.64. The lowest BCUT2D eigenvalue weighted by molar-refractivity contribution is 0.556. The molecule has 0 bridgehead atoms. The van der Waals surface area contributed by atoms with E-state index in [1.165, 1.54) is 12.3 Å². The minimum atomic E-state index is -3.41. The maximum atomic E-state index is 12.3. The Kier molecular flexibility index (Phi) is 4.27. The molecule has 5 nitrogen and oxygen atoms in total. The van der Waals surface area contributed by atoms with Gasteiger partial charge in [-0.05, 0) is 44.5 Å². The van der Waals surface area contributed by atoms with Crippen molar-refractivity contribution in [3.63, 3.8) is 0 Å². The molecule has 0 unspecified atom stereocenters. The minimum Gasteiger partial charge on any atom is -0.380 e. The van der Waals surface area contributed by atoms with Gasteiger partial charge in [0.1, 0.15) is 0 Å². The number of hydrogen-bond acceptors (Lipinski definition) is 5. The zero-order valence-electron chi connectivity index (χ0n) is 12.4. The summed E-state index contributed by atoms with van der Waals surface area (Å²) in [4.78, 5) is 8.10. The zero-order chi connectivity index (χ0) is 15.5. The van der Waals surface area contributed by atoms with Crippen molar-refractivity contribution in [3.05, 3.63) is 48.4 Å². The molecule has 0 aromatic carbocycles. The Hall–Kier alpha value is -1.95. The van der Waals surface area contributed by atoms with Gasteiger partial charge in [0.2, 0.25) is 0 Å². The highest BCUT2D eigenvalue weighted by atomic mass is 32.2. The SMILES string of the molecule is CC(C)(C)S(=O)(=O)c1ccc(NCc2cccnc2)cn1. The first-order chi connectivity index (χ1) is 9.80. The van der Waals surface area contributed by atoms with Crippen LogP contribution in [0.1, 0.15) is 26.3 Å². The second kappa shape index (κ2) is 5.81. The summed E-state index contributed by atoms with van der Waals surface area (Å²) in [6.45, 7) is 5.61. The van der Waals surface area contributed by atoms with E-state index in [1.807, 2.05) is 12.1 Å². The van der Waals surface area contributed by atoms with Crippen molar-refractivity contribution < 1.29 is 8.42 Å². The van der Waals surface area contributed by atoms with Gasteiger partial charge >= 0.3 is 0 Å². The van der Waals surface area contributed by atoms with Gasteiger partial charge in [-0.3, -0.25) is 4.98 Å². The summed E-state index contributed by atoms with van der Waals surface area (Å²) < 4.78 is 23.6. The van der Waals surface area contributed by atoms with Gasteiger partial charge in [0.25, 0.3) is 0 Å². The van der Waals surface area contributed by atoms with Crippen LogP contribution < -0.4 is 5.32 Å². The van der Waals surface area contributed by atoms with Crippen molar-refractivity contribution in [2.75, 3.05) is 5.32 Å². The lowest BCUT2D eigenvalue weighted by Crippen LogP contribution is -2.28. The molecule has 0 fully saturated rings. The summed E-state index contributed by atoms with van der Waals surface area (Å²) >= 11 is 0. The Labute approximate surface area is 125 Å². The van der Waals surface area contributed by atoms with Crippen LogP contribution in [0, 0.1) is 0 Å². The predicted octanol–water partition coefficient (Wildman–Crippen LogP) is 2.66. The maximum absolute atomic E-state index is 12.3. The zero-order valence-corrected chi connectivity index (χ0v) is 13.2. The average Bonchev–Trinajstić information content (AvgIpc) is 2.45. The smallest absolute Gasteiger partial charge is 0.200 e. The molecule has 0 aliphatic carbocycles. The molecule has 0 aliphatic rings. The molecule has 0 atom stereocenters. The molecule has 1 N–H and O–H groups in total. The van der Waals surface area contributed by atoms with E-state index >= 15 is 0 Å². The molecule has 2 rings (SSSR count). The number of pyridine rings is 2. The first-order valence-corrected chi connectivity index (χ1v) is 8.12. The van der Waals surface area contributed by atoms with E-state index in [0.717, 1.165) is 11.3 Å². The normalized spacial score (nSPS) is 12.1. The third kappa shape index (κ3) is 3.58. The number of aromatic nitrogens is 2. The molecular formula is C15H19N3O2S. The van der Waals surface area contributed by atoms with Crippen LogP contribution in [-0.2, 0) is 16.4 Å². The molecule has 0 radical (unpaired) electrons. The molecule has 0 saturated carbocycles. The van der Waals surface area contributed by atoms with E-state index < -0.39 is 14.6 Å². The lowest BCUT2D eigenvalue weighted by atomic mass is 10.3. The van der Waals surface area contributed by atoms with Crippen LogP contribution in [0.25, 0.3) is 0 Å². The molecule has 2 heterocycles. The van der Waals surface area contributed by atoms with Crippen molar-refractivity contribution in [2.45, 2.75) is 37.1 Å². The van der Waals surface area contributed by atoms with Crippen molar-refractivity contribution in [2.24, 2.45) is 0 Å². The van der Waals surface area contributed by atoms with Crippen LogP contribution in [0.2, 0.25) is 0 Å². The quantitative estimate of drug-likeness (QED) is 0.940. The van der Waals surface area contributed by atoms with Crippen molar-refractivity contribution >= 4 is 15.5 Å². The first kappa shape index (κ1) is 15.4.